The Morgan fingerprint density at radius 1 is 1.43 bits per heavy atom. The second kappa shape index (κ2) is 6.83. The van der Waals surface area contributed by atoms with Gasteiger partial charge < -0.3 is 9.64 Å². The number of allylic oxidation sites excluding steroid dienone is 1. The maximum atomic E-state index is 12.2. The SMILES string of the molecule is CCCN1CCN(C(=O)OC2CC3CN=CC=C3S2)CC1. The van der Waals surface area contributed by atoms with E-state index >= 15 is 0 Å². The van der Waals surface area contributed by atoms with E-state index in [1.807, 2.05) is 11.1 Å². The lowest BCUT2D eigenvalue weighted by Gasteiger charge is -2.34. The van der Waals surface area contributed by atoms with Crippen LogP contribution < -0.4 is 0 Å². The smallest absolute Gasteiger partial charge is 0.410 e. The molecule has 0 aromatic carbocycles. The second-order valence-electron chi connectivity index (χ2n) is 5.78. The first-order chi connectivity index (χ1) is 10.3. The second-order valence-corrected chi connectivity index (χ2v) is 7.01. The van der Waals surface area contributed by atoms with Gasteiger partial charge in [0.25, 0.3) is 0 Å². The summed E-state index contributed by atoms with van der Waals surface area (Å²) in [5.41, 5.74) is -0.0379. The van der Waals surface area contributed by atoms with Crippen LogP contribution in [0.4, 0.5) is 4.79 Å². The Morgan fingerprint density at radius 3 is 2.95 bits per heavy atom. The van der Waals surface area contributed by atoms with Crippen LogP contribution in [0.2, 0.25) is 0 Å². The van der Waals surface area contributed by atoms with Crippen LogP contribution in [0.25, 0.3) is 0 Å². The number of amides is 1. The summed E-state index contributed by atoms with van der Waals surface area (Å²) in [6.07, 6.45) is 5.83. The molecule has 0 radical (unpaired) electrons. The Labute approximate surface area is 130 Å². The molecule has 0 N–H and O–H groups in total. The van der Waals surface area contributed by atoms with E-state index in [4.69, 9.17) is 4.74 Å². The molecule has 3 aliphatic heterocycles. The lowest BCUT2D eigenvalue weighted by atomic mass is 10.0. The normalized spacial score (nSPS) is 29.2. The number of ether oxygens (including phenoxy) is 1. The van der Waals surface area contributed by atoms with Gasteiger partial charge >= 0.3 is 6.09 Å². The van der Waals surface area contributed by atoms with Crippen LogP contribution >= 0.6 is 11.8 Å². The van der Waals surface area contributed by atoms with Gasteiger partial charge in [-0.2, -0.15) is 0 Å². The zero-order valence-electron chi connectivity index (χ0n) is 12.5. The number of hydrogen-bond donors (Lipinski definition) is 0. The van der Waals surface area contributed by atoms with Gasteiger partial charge in [0, 0.05) is 51.3 Å². The first kappa shape index (κ1) is 14.9. The Kier molecular flexibility index (Phi) is 4.85. The molecule has 0 saturated carbocycles. The van der Waals surface area contributed by atoms with Crippen molar-refractivity contribution in [3.63, 3.8) is 0 Å². The molecule has 2 unspecified atom stereocenters. The average molecular weight is 309 g/mol. The third-order valence-corrected chi connectivity index (χ3v) is 5.51. The zero-order valence-corrected chi connectivity index (χ0v) is 13.3. The molecule has 0 aromatic rings. The monoisotopic (exact) mass is 309 g/mol. The van der Waals surface area contributed by atoms with E-state index in [1.54, 1.807) is 11.8 Å². The van der Waals surface area contributed by atoms with Crippen molar-refractivity contribution in [3.8, 4) is 0 Å². The van der Waals surface area contributed by atoms with Crippen LogP contribution in [-0.4, -0.2) is 66.8 Å². The fourth-order valence-corrected chi connectivity index (χ4v) is 4.29. The van der Waals surface area contributed by atoms with Crippen molar-refractivity contribution in [2.75, 3.05) is 39.3 Å². The van der Waals surface area contributed by atoms with E-state index in [1.165, 1.54) is 11.3 Å². The predicted octanol–water partition coefficient (Wildman–Crippen LogP) is 2.20. The molecule has 6 heteroatoms. The molecule has 2 saturated heterocycles. The summed E-state index contributed by atoms with van der Waals surface area (Å²) in [5.74, 6) is 0.458. The summed E-state index contributed by atoms with van der Waals surface area (Å²) in [5, 5.41) is 0. The van der Waals surface area contributed by atoms with E-state index in [2.05, 4.69) is 22.9 Å². The van der Waals surface area contributed by atoms with Crippen molar-refractivity contribution in [1.29, 1.82) is 0 Å². The van der Waals surface area contributed by atoms with Crippen molar-refractivity contribution in [3.05, 3.63) is 11.0 Å². The summed E-state index contributed by atoms with van der Waals surface area (Å²) in [7, 11) is 0. The van der Waals surface area contributed by atoms with Crippen molar-refractivity contribution in [2.45, 2.75) is 25.2 Å². The third kappa shape index (κ3) is 3.61. The number of rotatable bonds is 3. The molecule has 3 rings (SSSR count). The van der Waals surface area contributed by atoms with Gasteiger partial charge in [-0.3, -0.25) is 9.89 Å². The number of piperazine rings is 1. The molecular weight excluding hydrogens is 286 g/mol. The molecule has 21 heavy (non-hydrogen) atoms. The Bertz CT molecular complexity index is 444. The minimum atomic E-state index is -0.149. The standard InChI is InChI=1S/C15H23N3O2S/c1-2-5-17-6-8-18(9-7-17)15(19)20-14-10-12-11-16-4-3-13(12)21-14/h3-4,12,14H,2,5-11H2,1H3. The summed E-state index contributed by atoms with van der Waals surface area (Å²) in [6, 6.07) is 0. The molecule has 3 heterocycles. The molecule has 0 spiro atoms. The molecule has 116 valence electrons. The maximum Gasteiger partial charge on any atom is 0.410 e. The zero-order chi connectivity index (χ0) is 14.7. The lowest BCUT2D eigenvalue weighted by Crippen LogP contribution is -2.49. The Balaban J connectivity index is 1.45. The van der Waals surface area contributed by atoms with Crippen LogP contribution in [-0.2, 0) is 4.74 Å². The van der Waals surface area contributed by atoms with Crippen molar-refractivity contribution < 1.29 is 9.53 Å². The molecular formula is C15H23N3O2S. The highest BCUT2D eigenvalue weighted by Gasteiger charge is 2.34. The number of aliphatic imine (C=N–C) groups is 1. The van der Waals surface area contributed by atoms with Gasteiger partial charge in [0.2, 0.25) is 0 Å². The number of carbonyl (C=O) groups is 1. The minimum Gasteiger partial charge on any atom is -0.435 e. The van der Waals surface area contributed by atoms with Gasteiger partial charge in [-0.1, -0.05) is 18.7 Å². The first-order valence-corrected chi connectivity index (χ1v) is 8.69. The maximum absolute atomic E-state index is 12.2. The van der Waals surface area contributed by atoms with E-state index < -0.39 is 0 Å². The summed E-state index contributed by atoms with van der Waals surface area (Å²) < 4.78 is 5.67. The van der Waals surface area contributed by atoms with Crippen LogP contribution in [0.1, 0.15) is 19.8 Å². The third-order valence-electron chi connectivity index (χ3n) is 4.22. The predicted molar refractivity (Wildman–Crippen MR) is 85.7 cm³/mol. The first-order valence-electron chi connectivity index (χ1n) is 7.81. The van der Waals surface area contributed by atoms with Crippen molar-refractivity contribution >= 4 is 24.1 Å². The quantitative estimate of drug-likeness (QED) is 0.802. The van der Waals surface area contributed by atoms with E-state index in [9.17, 15) is 4.79 Å². The summed E-state index contributed by atoms with van der Waals surface area (Å²) in [4.78, 5) is 22.1. The topological polar surface area (TPSA) is 45.1 Å². The fraction of sp³-hybridized carbons (Fsp3) is 0.733. The van der Waals surface area contributed by atoms with E-state index in [0.717, 1.165) is 45.7 Å². The van der Waals surface area contributed by atoms with Gasteiger partial charge in [0.15, 0.2) is 5.44 Å². The number of carbonyl (C=O) groups excluding carboxylic acids is 1. The highest BCUT2D eigenvalue weighted by molar-refractivity contribution is 8.03. The van der Waals surface area contributed by atoms with Crippen LogP contribution in [0.5, 0.6) is 0 Å². The molecule has 3 aliphatic rings. The number of thioether (sulfide) groups is 1. The van der Waals surface area contributed by atoms with E-state index in [-0.39, 0.29) is 11.5 Å². The van der Waals surface area contributed by atoms with Gasteiger partial charge in [0.1, 0.15) is 0 Å². The molecule has 0 aliphatic carbocycles. The molecule has 2 fully saturated rings. The molecule has 1 amide bonds. The van der Waals surface area contributed by atoms with Gasteiger partial charge in [0.05, 0.1) is 0 Å². The largest absolute Gasteiger partial charge is 0.435 e. The van der Waals surface area contributed by atoms with Crippen LogP contribution in [0, 0.1) is 5.92 Å². The molecule has 0 bridgehead atoms. The van der Waals surface area contributed by atoms with Crippen molar-refractivity contribution in [2.24, 2.45) is 10.9 Å². The summed E-state index contributed by atoms with van der Waals surface area (Å²) in [6.45, 7) is 7.64. The molecule has 5 nitrogen and oxygen atoms in total. The van der Waals surface area contributed by atoms with Gasteiger partial charge in [-0.05, 0) is 23.9 Å². The number of hydrogen-bond acceptors (Lipinski definition) is 5. The molecule has 0 aromatic heterocycles. The molecule has 2 atom stereocenters. The van der Waals surface area contributed by atoms with Gasteiger partial charge in [-0.15, -0.1) is 0 Å². The number of dihydropyridines is 1. The van der Waals surface area contributed by atoms with Gasteiger partial charge in [-0.25, -0.2) is 4.79 Å². The Hall–Kier alpha value is -1.01. The Morgan fingerprint density at radius 2 is 2.24 bits per heavy atom. The van der Waals surface area contributed by atoms with Crippen molar-refractivity contribution in [1.82, 2.24) is 9.80 Å². The minimum absolute atomic E-state index is 0.0379. The van der Waals surface area contributed by atoms with Crippen LogP contribution in [0.3, 0.4) is 0 Å². The fourth-order valence-electron chi connectivity index (χ4n) is 3.03. The number of fused-ring (bicyclic) bond motifs is 1. The highest BCUT2D eigenvalue weighted by Crippen LogP contribution is 2.43. The highest BCUT2D eigenvalue weighted by atomic mass is 32.2. The average Bonchev–Trinajstić information content (AvgIpc) is 2.90. The number of nitrogens with zero attached hydrogens (tertiary/aromatic N) is 3. The van der Waals surface area contributed by atoms with E-state index in [0.29, 0.717) is 5.92 Å². The van der Waals surface area contributed by atoms with Crippen LogP contribution in [0.15, 0.2) is 16.0 Å². The summed E-state index contributed by atoms with van der Waals surface area (Å²) >= 11 is 1.69. The lowest BCUT2D eigenvalue weighted by molar-refractivity contribution is 0.0672.